The van der Waals surface area contributed by atoms with Crippen LogP contribution < -0.4 is 5.32 Å². The highest BCUT2D eigenvalue weighted by Gasteiger charge is 2.40. The molecule has 2 rings (SSSR count). The van der Waals surface area contributed by atoms with Crippen LogP contribution in [0.15, 0.2) is 18.2 Å². The van der Waals surface area contributed by atoms with Gasteiger partial charge in [0.25, 0.3) is 5.91 Å². The Hall–Kier alpha value is -1.47. The van der Waals surface area contributed by atoms with E-state index >= 15 is 0 Å². The van der Waals surface area contributed by atoms with Crippen molar-refractivity contribution >= 4 is 35.0 Å². The molecule has 1 saturated heterocycles. The Balaban J connectivity index is 1.92. The lowest BCUT2D eigenvalue weighted by atomic mass is 10.0. The average Bonchev–Trinajstić information content (AvgIpc) is 2.49. The molecule has 0 saturated carbocycles. The molecule has 1 N–H and O–H groups in total. The zero-order valence-electron chi connectivity index (χ0n) is 11.8. The molecular weight excluding hydrogens is 356 g/mol. The van der Waals surface area contributed by atoms with Crippen molar-refractivity contribution in [1.82, 2.24) is 10.2 Å². The van der Waals surface area contributed by atoms with Crippen LogP contribution in [-0.2, 0) is 4.79 Å². The third-order valence-electron chi connectivity index (χ3n) is 3.54. The van der Waals surface area contributed by atoms with Crippen LogP contribution in [0.3, 0.4) is 0 Å². The number of alkyl halides is 3. The van der Waals surface area contributed by atoms with Crippen molar-refractivity contribution in [2.75, 3.05) is 13.1 Å². The first-order valence-electron chi connectivity index (χ1n) is 6.80. The summed E-state index contributed by atoms with van der Waals surface area (Å²) >= 11 is 11.6. The molecule has 23 heavy (non-hydrogen) atoms. The van der Waals surface area contributed by atoms with Crippen LogP contribution in [-0.4, -0.2) is 42.0 Å². The molecule has 1 aromatic carbocycles. The second-order valence-corrected chi connectivity index (χ2v) is 5.98. The Bertz CT molecular complexity index is 615. The fourth-order valence-electron chi connectivity index (χ4n) is 2.31. The van der Waals surface area contributed by atoms with Crippen molar-refractivity contribution in [3.05, 3.63) is 33.8 Å². The summed E-state index contributed by atoms with van der Waals surface area (Å²) in [7, 11) is 0. The summed E-state index contributed by atoms with van der Waals surface area (Å²) in [6.45, 7) is 0.504. The molecule has 2 amide bonds. The van der Waals surface area contributed by atoms with Crippen LogP contribution in [0.5, 0.6) is 0 Å². The Kier molecular flexibility index (Phi) is 5.41. The SMILES string of the molecule is O=C(c1ccc(Cl)c(Cl)c1)N1CCC(NC(=O)C(F)(F)F)CC1. The smallest absolute Gasteiger partial charge is 0.345 e. The van der Waals surface area contributed by atoms with Gasteiger partial charge in [0.15, 0.2) is 0 Å². The lowest BCUT2D eigenvalue weighted by molar-refractivity contribution is -0.174. The van der Waals surface area contributed by atoms with Crippen LogP contribution in [0.4, 0.5) is 13.2 Å². The fourth-order valence-corrected chi connectivity index (χ4v) is 2.60. The standard InChI is InChI=1S/C14H13Cl2F3N2O2/c15-10-2-1-8(7-11(10)16)12(22)21-5-3-9(4-6-21)20-13(23)14(17,18)19/h1-2,7,9H,3-6H2,(H,20,23). The topological polar surface area (TPSA) is 49.4 Å². The van der Waals surface area contributed by atoms with E-state index in [0.29, 0.717) is 10.6 Å². The number of hydrogen-bond acceptors (Lipinski definition) is 2. The predicted octanol–water partition coefficient (Wildman–Crippen LogP) is 3.28. The number of halogens is 5. The maximum absolute atomic E-state index is 12.3. The zero-order valence-corrected chi connectivity index (χ0v) is 13.3. The summed E-state index contributed by atoms with van der Waals surface area (Å²) in [4.78, 5) is 24.7. The van der Waals surface area contributed by atoms with Crippen LogP contribution in [0.1, 0.15) is 23.2 Å². The second kappa shape index (κ2) is 6.97. The Morgan fingerprint density at radius 2 is 1.74 bits per heavy atom. The molecule has 0 atom stereocenters. The monoisotopic (exact) mass is 368 g/mol. The molecule has 126 valence electrons. The lowest BCUT2D eigenvalue weighted by Gasteiger charge is -2.32. The summed E-state index contributed by atoms with van der Waals surface area (Å²) < 4.78 is 36.6. The van der Waals surface area contributed by atoms with Gasteiger partial charge in [0, 0.05) is 24.7 Å². The van der Waals surface area contributed by atoms with E-state index in [1.54, 1.807) is 0 Å². The molecule has 0 unspecified atom stereocenters. The van der Waals surface area contributed by atoms with Gasteiger partial charge in [0.2, 0.25) is 0 Å². The second-order valence-electron chi connectivity index (χ2n) is 5.17. The summed E-state index contributed by atoms with van der Waals surface area (Å²) in [5, 5.41) is 2.52. The molecule has 0 aliphatic carbocycles. The van der Waals surface area contributed by atoms with E-state index < -0.39 is 18.1 Å². The quantitative estimate of drug-likeness (QED) is 0.870. The third kappa shape index (κ3) is 4.51. The summed E-state index contributed by atoms with van der Waals surface area (Å²) in [5.41, 5.74) is 0.358. The Morgan fingerprint density at radius 1 is 1.13 bits per heavy atom. The number of nitrogens with zero attached hydrogens (tertiary/aromatic N) is 1. The molecule has 0 bridgehead atoms. The minimum Gasteiger partial charge on any atom is -0.345 e. The number of amides is 2. The van der Waals surface area contributed by atoms with Crippen molar-refractivity contribution in [3.63, 3.8) is 0 Å². The van der Waals surface area contributed by atoms with Crippen molar-refractivity contribution < 1.29 is 22.8 Å². The van der Waals surface area contributed by atoms with E-state index in [-0.39, 0.29) is 36.9 Å². The van der Waals surface area contributed by atoms with Gasteiger partial charge in [-0.2, -0.15) is 13.2 Å². The van der Waals surface area contributed by atoms with E-state index in [4.69, 9.17) is 23.2 Å². The highest BCUT2D eigenvalue weighted by molar-refractivity contribution is 6.42. The maximum Gasteiger partial charge on any atom is 0.471 e. The molecule has 1 heterocycles. The first kappa shape index (κ1) is 17.9. The lowest BCUT2D eigenvalue weighted by Crippen LogP contribution is -2.49. The summed E-state index contributed by atoms with van der Waals surface area (Å²) in [6, 6.07) is 3.90. The van der Waals surface area contributed by atoms with Gasteiger partial charge in [-0.3, -0.25) is 9.59 Å². The number of likely N-dealkylation sites (tertiary alicyclic amines) is 1. The minimum absolute atomic E-state index is 0.252. The molecule has 1 fully saturated rings. The number of piperidine rings is 1. The van der Waals surface area contributed by atoms with Crippen molar-refractivity contribution in [3.8, 4) is 0 Å². The minimum atomic E-state index is -4.90. The Labute approximate surface area is 140 Å². The van der Waals surface area contributed by atoms with Crippen LogP contribution >= 0.6 is 23.2 Å². The van der Waals surface area contributed by atoms with E-state index in [2.05, 4.69) is 0 Å². The van der Waals surface area contributed by atoms with E-state index in [9.17, 15) is 22.8 Å². The summed E-state index contributed by atoms with van der Waals surface area (Å²) in [5.74, 6) is -2.23. The van der Waals surface area contributed by atoms with Gasteiger partial charge in [0.1, 0.15) is 0 Å². The van der Waals surface area contributed by atoms with Crippen molar-refractivity contribution in [2.24, 2.45) is 0 Å². The van der Waals surface area contributed by atoms with Gasteiger partial charge in [-0.25, -0.2) is 0 Å². The molecule has 9 heteroatoms. The van der Waals surface area contributed by atoms with Gasteiger partial charge >= 0.3 is 12.1 Å². The van der Waals surface area contributed by atoms with Crippen molar-refractivity contribution in [2.45, 2.75) is 25.1 Å². The van der Waals surface area contributed by atoms with Gasteiger partial charge in [-0.15, -0.1) is 0 Å². The number of nitrogens with one attached hydrogen (secondary N) is 1. The third-order valence-corrected chi connectivity index (χ3v) is 4.28. The highest BCUT2D eigenvalue weighted by atomic mass is 35.5. The van der Waals surface area contributed by atoms with E-state index in [1.165, 1.54) is 23.1 Å². The molecular formula is C14H13Cl2F3N2O2. The van der Waals surface area contributed by atoms with Crippen molar-refractivity contribution in [1.29, 1.82) is 0 Å². The normalized spacial score (nSPS) is 16.3. The van der Waals surface area contributed by atoms with Crippen LogP contribution in [0.25, 0.3) is 0 Å². The highest BCUT2D eigenvalue weighted by Crippen LogP contribution is 2.24. The Morgan fingerprint density at radius 3 is 2.26 bits per heavy atom. The van der Waals surface area contributed by atoms with E-state index in [1.807, 2.05) is 5.32 Å². The van der Waals surface area contributed by atoms with Gasteiger partial charge in [-0.1, -0.05) is 23.2 Å². The maximum atomic E-state index is 12.3. The van der Waals surface area contributed by atoms with Gasteiger partial charge in [-0.05, 0) is 31.0 Å². The number of carbonyl (C=O) groups excluding carboxylic acids is 2. The molecule has 1 aromatic rings. The molecule has 0 spiro atoms. The number of hydrogen-bond donors (Lipinski definition) is 1. The first-order chi connectivity index (χ1) is 10.7. The average molecular weight is 369 g/mol. The number of carbonyl (C=O) groups is 2. The number of rotatable bonds is 2. The molecule has 1 aliphatic heterocycles. The van der Waals surface area contributed by atoms with Gasteiger partial charge < -0.3 is 10.2 Å². The van der Waals surface area contributed by atoms with Gasteiger partial charge in [0.05, 0.1) is 10.0 Å². The zero-order chi connectivity index (χ0) is 17.2. The molecule has 0 radical (unpaired) electrons. The van der Waals surface area contributed by atoms with Crippen LogP contribution in [0, 0.1) is 0 Å². The molecule has 4 nitrogen and oxygen atoms in total. The molecule has 1 aliphatic rings. The predicted molar refractivity (Wildman–Crippen MR) is 79.6 cm³/mol. The first-order valence-corrected chi connectivity index (χ1v) is 7.56. The fraction of sp³-hybridized carbons (Fsp3) is 0.429. The van der Waals surface area contributed by atoms with E-state index in [0.717, 1.165) is 0 Å². The van der Waals surface area contributed by atoms with Crippen LogP contribution in [0.2, 0.25) is 10.0 Å². The summed E-state index contributed by atoms with van der Waals surface area (Å²) in [6.07, 6.45) is -4.38. The largest absolute Gasteiger partial charge is 0.471 e. The number of benzene rings is 1. The molecule has 0 aromatic heterocycles.